The molecule has 1 aliphatic heterocycles. The number of hydrogen-bond acceptors (Lipinski definition) is 7. The van der Waals surface area contributed by atoms with Gasteiger partial charge in [0.05, 0.1) is 13.2 Å². The molecule has 4 N–H and O–H groups in total. The number of amides is 1. The van der Waals surface area contributed by atoms with Crippen molar-refractivity contribution < 1.29 is 14.6 Å². The van der Waals surface area contributed by atoms with E-state index in [4.69, 9.17) is 15.6 Å². The van der Waals surface area contributed by atoms with Gasteiger partial charge >= 0.3 is 0 Å². The molecule has 1 aromatic heterocycles. The molecule has 1 aromatic rings. The van der Waals surface area contributed by atoms with E-state index in [-0.39, 0.29) is 24.4 Å². The number of anilines is 2. The van der Waals surface area contributed by atoms with E-state index < -0.39 is 0 Å². The van der Waals surface area contributed by atoms with Crippen LogP contribution in [0.15, 0.2) is 0 Å². The number of nitrogens with zero attached hydrogens (tertiary/aromatic N) is 2. The number of thiazole rings is 1. The first-order chi connectivity index (χ1) is 10.2. The smallest absolute Gasteiger partial charge is 0.265 e. The molecule has 1 fully saturated rings. The predicted octanol–water partition coefficient (Wildman–Crippen LogP) is 0.453. The molecule has 0 radical (unpaired) electrons. The highest BCUT2D eigenvalue weighted by Crippen LogP contribution is 2.28. The molecule has 1 aliphatic rings. The van der Waals surface area contributed by atoms with Crippen molar-refractivity contribution in [3.05, 3.63) is 4.88 Å². The molecule has 7 nitrogen and oxygen atoms in total. The minimum absolute atomic E-state index is 0.0455. The summed E-state index contributed by atoms with van der Waals surface area (Å²) in [6, 6.07) is -0.0455. The number of carbonyl (C=O) groups is 1. The molecule has 2 heterocycles. The van der Waals surface area contributed by atoms with Gasteiger partial charge in [0.15, 0.2) is 5.13 Å². The SMILES string of the molecule is CCC(CCO)NC(=O)c1sc(N2CCOCC2)nc1N. The van der Waals surface area contributed by atoms with E-state index in [1.807, 2.05) is 6.92 Å². The Hall–Kier alpha value is -1.38. The molecular formula is C13H22N4O3S. The van der Waals surface area contributed by atoms with Crippen LogP contribution in [0.25, 0.3) is 0 Å². The lowest BCUT2D eigenvalue weighted by atomic mass is 10.1. The van der Waals surface area contributed by atoms with Gasteiger partial charge in [-0.15, -0.1) is 0 Å². The molecule has 0 aliphatic carbocycles. The van der Waals surface area contributed by atoms with E-state index in [0.717, 1.165) is 24.6 Å². The third kappa shape index (κ3) is 4.05. The second kappa shape index (κ2) is 7.58. The molecule has 0 saturated carbocycles. The summed E-state index contributed by atoms with van der Waals surface area (Å²) in [5.41, 5.74) is 5.87. The summed E-state index contributed by atoms with van der Waals surface area (Å²) in [6.45, 7) is 4.86. The van der Waals surface area contributed by atoms with Crippen molar-refractivity contribution in [2.24, 2.45) is 0 Å². The van der Waals surface area contributed by atoms with Gasteiger partial charge in [0.25, 0.3) is 5.91 Å². The van der Waals surface area contributed by atoms with Gasteiger partial charge in [-0.2, -0.15) is 0 Å². The lowest BCUT2D eigenvalue weighted by molar-refractivity contribution is 0.0934. The van der Waals surface area contributed by atoms with E-state index in [2.05, 4.69) is 15.2 Å². The van der Waals surface area contributed by atoms with E-state index in [1.165, 1.54) is 11.3 Å². The molecule has 0 spiro atoms. The fourth-order valence-electron chi connectivity index (χ4n) is 2.16. The second-order valence-electron chi connectivity index (χ2n) is 4.90. The Morgan fingerprint density at radius 1 is 1.57 bits per heavy atom. The maximum atomic E-state index is 12.3. The highest BCUT2D eigenvalue weighted by Gasteiger charge is 2.22. The quantitative estimate of drug-likeness (QED) is 0.705. The number of ether oxygens (including phenoxy) is 1. The van der Waals surface area contributed by atoms with Crippen molar-refractivity contribution in [3.8, 4) is 0 Å². The van der Waals surface area contributed by atoms with Gasteiger partial charge < -0.3 is 25.8 Å². The highest BCUT2D eigenvalue weighted by atomic mass is 32.1. The van der Waals surface area contributed by atoms with Crippen molar-refractivity contribution in [1.29, 1.82) is 0 Å². The van der Waals surface area contributed by atoms with Crippen molar-refractivity contribution in [3.63, 3.8) is 0 Å². The molecule has 0 bridgehead atoms. The molecular weight excluding hydrogens is 292 g/mol. The predicted molar refractivity (Wildman–Crippen MR) is 82.8 cm³/mol. The van der Waals surface area contributed by atoms with Crippen molar-refractivity contribution >= 4 is 28.2 Å². The van der Waals surface area contributed by atoms with Gasteiger partial charge in [-0.1, -0.05) is 18.3 Å². The molecule has 1 unspecified atom stereocenters. The fraction of sp³-hybridized carbons (Fsp3) is 0.692. The van der Waals surface area contributed by atoms with Gasteiger partial charge in [-0.25, -0.2) is 4.98 Å². The minimum Gasteiger partial charge on any atom is -0.396 e. The molecule has 118 valence electrons. The standard InChI is InChI=1S/C13H22N4O3S/c1-2-9(3-6-18)15-12(19)10-11(14)16-13(21-10)17-4-7-20-8-5-17/h9,18H,2-8,14H2,1H3,(H,15,19). The van der Waals surface area contributed by atoms with Crippen LogP contribution >= 0.6 is 11.3 Å². The Labute approximate surface area is 128 Å². The summed E-state index contributed by atoms with van der Waals surface area (Å²) < 4.78 is 5.30. The van der Waals surface area contributed by atoms with E-state index >= 15 is 0 Å². The Morgan fingerprint density at radius 3 is 2.90 bits per heavy atom. The summed E-state index contributed by atoms with van der Waals surface area (Å²) in [4.78, 5) is 19.1. The van der Waals surface area contributed by atoms with Gasteiger partial charge in [-0.05, 0) is 12.8 Å². The lowest BCUT2D eigenvalue weighted by Crippen LogP contribution is -2.36. The van der Waals surface area contributed by atoms with Crippen LogP contribution in [-0.2, 0) is 4.74 Å². The average molecular weight is 314 g/mol. The topological polar surface area (TPSA) is 101 Å². The van der Waals surface area contributed by atoms with E-state index in [1.54, 1.807) is 0 Å². The van der Waals surface area contributed by atoms with Crippen molar-refractivity contribution in [1.82, 2.24) is 10.3 Å². The maximum Gasteiger partial charge on any atom is 0.265 e. The van der Waals surface area contributed by atoms with Crippen LogP contribution in [0.5, 0.6) is 0 Å². The number of nitrogens with two attached hydrogens (primary N) is 1. The first kappa shape index (κ1) is 16.0. The Kier molecular flexibility index (Phi) is 5.77. The zero-order chi connectivity index (χ0) is 15.2. The second-order valence-corrected chi connectivity index (χ2v) is 5.88. The zero-order valence-electron chi connectivity index (χ0n) is 12.2. The van der Waals surface area contributed by atoms with Crippen LogP contribution in [0.3, 0.4) is 0 Å². The molecule has 8 heteroatoms. The lowest BCUT2D eigenvalue weighted by Gasteiger charge is -2.25. The van der Waals surface area contributed by atoms with Gasteiger partial charge in [0.2, 0.25) is 0 Å². The zero-order valence-corrected chi connectivity index (χ0v) is 13.0. The minimum atomic E-state index is -0.218. The van der Waals surface area contributed by atoms with Crippen LogP contribution in [0.2, 0.25) is 0 Å². The van der Waals surface area contributed by atoms with E-state index in [0.29, 0.717) is 24.5 Å². The number of nitrogen functional groups attached to an aromatic ring is 1. The first-order valence-electron chi connectivity index (χ1n) is 7.16. The number of aromatic nitrogens is 1. The van der Waals surface area contributed by atoms with Gasteiger partial charge in [-0.3, -0.25) is 4.79 Å². The Morgan fingerprint density at radius 2 is 2.29 bits per heavy atom. The summed E-state index contributed by atoms with van der Waals surface area (Å²) >= 11 is 1.30. The number of aliphatic hydroxyl groups excluding tert-OH is 1. The monoisotopic (exact) mass is 314 g/mol. The maximum absolute atomic E-state index is 12.3. The third-order valence-corrected chi connectivity index (χ3v) is 4.57. The average Bonchev–Trinajstić information content (AvgIpc) is 2.89. The molecule has 1 saturated heterocycles. The first-order valence-corrected chi connectivity index (χ1v) is 7.98. The van der Waals surface area contributed by atoms with E-state index in [9.17, 15) is 4.79 Å². The van der Waals surface area contributed by atoms with Crippen LogP contribution in [0.4, 0.5) is 10.9 Å². The summed E-state index contributed by atoms with van der Waals surface area (Å²) in [5, 5.41) is 12.6. The number of hydrogen-bond donors (Lipinski definition) is 3. The number of rotatable bonds is 6. The molecule has 1 amide bonds. The van der Waals surface area contributed by atoms with Crippen LogP contribution in [0, 0.1) is 0 Å². The van der Waals surface area contributed by atoms with Gasteiger partial charge in [0, 0.05) is 25.7 Å². The molecule has 0 aromatic carbocycles. The summed E-state index contributed by atoms with van der Waals surface area (Å²) in [7, 11) is 0. The molecule has 1 atom stereocenters. The van der Waals surface area contributed by atoms with Gasteiger partial charge in [0.1, 0.15) is 10.7 Å². The fourth-order valence-corrected chi connectivity index (χ4v) is 3.10. The van der Waals surface area contributed by atoms with Crippen LogP contribution in [0.1, 0.15) is 29.4 Å². The Bertz CT molecular complexity index is 474. The number of nitrogens with one attached hydrogen (secondary N) is 1. The third-order valence-electron chi connectivity index (χ3n) is 3.44. The number of aliphatic hydroxyl groups is 1. The van der Waals surface area contributed by atoms with Crippen molar-refractivity contribution in [2.75, 3.05) is 43.5 Å². The molecule has 21 heavy (non-hydrogen) atoms. The summed E-state index contributed by atoms with van der Waals surface area (Å²) in [6.07, 6.45) is 1.30. The number of morpholine rings is 1. The normalized spacial score (nSPS) is 16.8. The summed E-state index contributed by atoms with van der Waals surface area (Å²) in [5.74, 6) is 0.0441. The van der Waals surface area contributed by atoms with Crippen LogP contribution < -0.4 is 16.0 Å². The number of carbonyl (C=O) groups excluding carboxylic acids is 1. The highest BCUT2D eigenvalue weighted by molar-refractivity contribution is 7.18. The van der Waals surface area contributed by atoms with Crippen molar-refractivity contribution in [2.45, 2.75) is 25.8 Å². The molecule has 2 rings (SSSR count). The largest absolute Gasteiger partial charge is 0.396 e. The Balaban J connectivity index is 2.05. The van der Waals surface area contributed by atoms with Crippen LogP contribution in [-0.4, -0.2) is 54.9 Å².